The van der Waals surface area contributed by atoms with Crippen molar-refractivity contribution in [1.82, 2.24) is 0 Å². The first kappa shape index (κ1) is 78.2. The molecule has 0 aromatic heterocycles. The summed E-state index contributed by atoms with van der Waals surface area (Å²) in [6, 6.07) is 133. The molecule has 0 atom stereocenters. The lowest BCUT2D eigenvalue weighted by Gasteiger charge is -2.22. The van der Waals surface area contributed by atoms with Gasteiger partial charge in [0.2, 0.25) is 0 Å². The van der Waals surface area contributed by atoms with Crippen molar-refractivity contribution >= 4 is 61.2 Å². The van der Waals surface area contributed by atoms with Crippen LogP contribution in [0.25, 0.3) is 110 Å². The Balaban J connectivity index is 0.000000117. The summed E-state index contributed by atoms with van der Waals surface area (Å²) in [5.41, 5.74) is 41.9. The largest absolute Gasteiger partial charge is 0.399 e. The fraction of sp³-hybridized carbons (Fsp3) is 0.143. The Kier molecular flexibility index (Phi) is 21.8. The Morgan fingerprint density at radius 2 is 0.461 bits per heavy atom. The van der Waals surface area contributed by atoms with E-state index in [1.807, 2.05) is 24.3 Å². The number of fused-ring (bicyclic) bond motifs is 15. The summed E-state index contributed by atoms with van der Waals surface area (Å²) in [4.78, 5) is 0. The first-order valence-electron chi connectivity index (χ1n) is 39.5. The molecule has 0 aliphatic heterocycles. The highest BCUT2D eigenvalue weighted by atomic mass is 35.5. The normalized spacial score (nSPS) is 13.5. The Morgan fingerprint density at radius 1 is 0.209 bits per heavy atom. The van der Waals surface area contributed by atoms with Gasteiger partial charge in [0, 0.05) is 37.4 Å². The third-order valence-corrected chi connectivity index (χ3v) is 24.8. The third kappa shape index (κ3) is 14.9. The standard InChI is InChI=1S/2C32H26.C16H13N.2C15H13Cl.2CH4/c2*1-32(2)30-13-6-5-11-28(30)29-19-16-23(21-31(29)32)20-22-14-17-25(18-15-22)27-12-7-9-24-8-3-4-10-26(24)27;17-14-10-8-13(9-11-14)16-7-3-5-12-4-1-2-6-15(12)16;1-15(2)13-6-4-3-5-11(13)12-9-10(16)7-8-14(12)15;1-15(2)13-6-4-3-5-11(13)12-8-7-10(16)9-14(12)15;;/h2*3-19,21H,20H2,1-2H3;1-11H,17H2;2*3-9H,1-2H3;2*1H4. The summed E-state index contributed by atoms with van der Waals surface area (Å²) in [6.07, 6.45) is 1.91. The number of nitrogens with two attached hydrogens (primary N) is 1. The molecule has 3 heteroatoms. The fourth-order valence-corrected chi connectivity index (χ4v) is 18.6. The molecule has 17 aromatic carbocycles. The van der Waals surface area contributed by atoms with E-state index in [-0.39, 0.29) is 36.5 Å². The highest BCUT2D eigenvalue weighted by molar-refractivity contribution is 6.31. The van der Waals surface area contributed by atoms with Gasteiger partial charge >= 0.3 is 0 Å². The molecular formula is C112H99Cl2N. The van der Waals surface area contributed by atoms with Crippen LogP contribution in [0.4, 0.5) is 5.69 Å². The molecule has 4 aliphatic rings. The molecule has 1 nitrogen and oxygen atoms in total. The molecule has 0 saturated heterocycles. The minimum absolute atomic E-state index is 0. The van der Waals surface area contributed by atoms with Crippen molar-refractivity contribution in [1.29, 1.82) is 0 Å². The third-order valence-electron chi connectivity index (χ3n) is 24.3. The molecule has 115 heavy (non-hydrogen) atoms. The van der Waals surface area contributed by atoms with Crippen molar-refractivity contribution in [2.24, 2.45) is 0 Å². The Bertz CT molecular complexity index is 6210. The van der Waals surface area contributed by atoms with Crippen LogP contribution < -0.4 is 5.73 Å². The SMILES string of the molecule is C.C.CC1(C)c2ccccc2-c2cc(Cl)ccc21.CC1(C)c2ccccc2-c2ccc(Cc3ccc(-c4cccc5ccccc45)cc3)cc21.CC1(C)c2ccccc2-c2ccc(Cc3ccc(-c4cccc5ccccc45)cc3)cc21.CC1(C)c2ccccc2-c2ccc(Cl)cc21.Nc1ccc(-c2cccc3ccccc23)cc1. The summed E-state index contributed by atoms with van der Waals surface area (Å²) in [5.74, 6) is 0. The second kappa shape index (κ2) is 32.1. The lowest BCUT2D eigenvalue weighted by atomic mass is 9.81. The second-order valence-electron chi connectivity index (χ2n) is 32.8. The molecule has 2 N–H and O–H groups in total. The molecule has 17 aromatic rings. The number of hydrogen-bond donors (Lipinski definition) is 1. The number of benzene rings is 17. The van der Waals surface area contributed by atoms with Gasteiger partial charge < -0.3 is 5.73 Å². The van der Waals surface area contributed by atoms with Gasteiger partial charge in [0.15, 0.2) is 0 Å². The van der Waals surface area contributed by atoms with E-state index < -0.39 is 0 Å². The molecule has 0 unspecified atom stereocenters. The van der Waals surface area contributed by atoms with Crippen LogP contribution in [0, 0.1) is 0 Å². The predicted octanol–water partition coefficient (Wildman–Crippen LogP) is 31.5. The van der Waals surface area contributed by atoms with E-state index in [0.717, 1.165) is 28.6 Å². The predicted molar refractivity (Wildman–Crippen MR) is 498 cm³/mol. The summed E-state index contributed by atoms with van der Waals surface area (Å²) < 4.78 is 0. The highest BCUT2D eigenvalue weighted by Gasteiger charge is 2.39. The van der Waals surface area contributed by atoms with Crippen LogP contribution in [0.15, 0.2) is 370 Å². The quantitative estimate of drug-likeness (QED) is 0.158. The molecule has 0 amide bonds. The van der Waals surface area contributed by atoms with Gasteiger partial charge in [0.1, 0.15) is 0 Å². The molecule has 0 saturated carbocycles. The van der Waals surface area contributed by atoms with Crippen LogP contribution in [-0.4, -0.2) is 0 Å². The first-order chi connectivity index (χ1) is 54.8. The number of hydrogen-bond acceptors (Lipinski definition) is 1. The van der Waals surface area contributed by atoms with Crippen molar-refractivity contribution in [3.05, 3.63) is 447 Å². The van der Waals surface area contributed by atoms with Gasteiger partial charge in [-0.1, -0.05) is 427 Å². The minimum atomic E-state index is 0. The van der Waals surface area contributed by atoms with Crippen LogP contribution in [0.5, 0.6) is 0 Å². The molecule has 4 aliphatic carbocycles. The molecule has 0 spiro atoms. The maximum atomic E-state index is 6.09. The molecule has 21 rings (SSSR count). The van der Waals surface area contributed by atoms with Crippen molar-refractivity contribution in [3.63, 3.8) is 0 Å². The number of anilines is 1. The van der Waals surface area contributed by atoms with Gasteiger partial charge in [-0.25, -0.2) is 0 Å². The van der Waals surface area contributed by atoms with Crippen molar-refractivity contribution in [2.45, 2.75) is 105 Å². The van der Waals surface area contributed by atoms with Gasteiger partial charge in [-0.3, -0.25) is 0 Å². The Morgan fingerprint density at radius 3 is 0.843 bits per heavy atom. The molecule has 0 radical (unpaired) electrons. The first-order valence-corrected chi connectivity index (χ1v) is 40.3. The van der Waals surface area contributed by atoms with Gasteiger partial charge in [-0.15, -0.1) is 0 Å². The van der Waals surface area contributed by atoms with Gasteiger partial charge in [-0.05, 0) is 226 Å². The zero-order chi connectivity index (χ0) is 77.8. The molecule has 566 valence electrons. The average Bonchev–Trinajstić information content (AvgIpc) is 1.60. The zero-order valence-electron chi connectivity index (χ0n) is 65.5. The summed E-state index contributed by atoms with van der Waals surface area (Å²) >= 11 is 12.2. The molecular weight excluding hydrogens is 1430 g/mol. The van der Waals surface area contributed by atoms with Crippen LogP contribution >= 0.6 is 23.2 Å². The summed E-state index contributed by atoms with van der Waals surface area (Å²) in [5, 5.41) is 9.37. The maximum Gasteiger partial charge on any atom is 0.0412 e. The molecule has 0 heterocycles. The lowest BCUT2D eigenvalue weighted by Crippen LogP contribution is -2.15. The Labute approximate surface area is 691 Å². The number of halogens is 2. The smallest absolute Gasteiger partial charge is 0.0412 e. The van der Waals surface area contributed by atoms with E-state index >= 15 is 0 Å². The van der Waals surface area contributed by atoms with Crippen LogP contribution in [-0.2, 0) is 34.5 Å². The lowest BCUT2D eigenvalue weighted by molar-refractivity contribution is 0.659. The number of nitrogen functional groups attached to an aromatic ring is 1. The van der Waals surface area contributed by atoms with Crippen molar-refractivity contribution in [2.75, 3.05) is 5.73 Å². The van der Waals surface area contributed by atoms with E-state index in [9.17, 15) is 0 Å². The van der Waals surface area contributed by atoms with E-state index in [1.165, 1.54) is 177 Å². The maximum absolute atomic E-state index is 6.09. The highest BCUT2D eigenvalue weighted by Crippen LogP contribution is 2.53. The fourth-order valence-electron chi connectivity index (χ4n) is 18.3. The van der Waals surface area contributed by atoms with E-state index in [2.05, 4.69) is 401 Å². The van der Waals surface area contributed by atoms with Crippen LogP contribution in [0.2, 0.25) is 10.0 Å². The van der Waals surface area contributed by atoms with Crippen LogP contribution in [0.1, 0.15) is 137 Å². The summed E-state index contributed by atoms with van der Waals surface area (Å²) in [7, 11) is 0. The topological polar surface area (TPSA) is 26.0 Å². The van der Waals surface area contributed by atoms with E-state index in [0.29, 0.717) is 0 Å². The molecule has 0 bridgehead atoms. The van der Waals surface area contributed by atoms with Gasteiger partial charge in [0.25, 0.3) is 0 Å². The van der Waals surface area contributed by atoms with Crippen molar-refractivity contribution in [3.8, 4) is 77.9 Å². The van der Waals surface area contributed by atoms with Crippen molar-refractivity contribution < 1.29 is 0 Å². The average molecular weight is 1530 g/mol. The zero-order valence-corrected chi connectivity index (χ0v) is 67.0. The minimum Gasteiger partial charge on any atom is -0.399 e. The van der Waals surface area contributed by atoms with E-state index in [4.69, 9.17) is 28.9 Å². The number of rotatable bonds is 7. The summed E-state index contributed by atoms with van der Waals surface area (Å²) in [6.45, 7) is 18.4. The monoisotopic (exact) mass is 1530 g/mol. The van der Waals surface area contributed by atoms with E-state index in [1.54, 1.807) is 0 Å². The van der Waals surface area contributed by atoms with Gasteiger partial charge in [-0.2, -0.15) is 0 Å². The van der Waals surface area contributed by atoms with Crippen LogP contribution in [0.3, 0.4) is 0 Å². The van der Waals surface area contributed by atoms with Gasteiger partial charge in [0.05, 0.1) is 0 Å². The second-order valence-corrected chi connectivity index (χ2v) is 33.6. The Hall–Kier alpha value is -12.1. The molecule has 0 fully saturated rings.